The molecule has 2 aromatic rings. The van der Waals surface area contributed by atoms with E-state index in [0.29, 0.717) is 17.4 Å². The second-order valence-corrected chi connectivity index (χ2v) is 9.15. The molecule has 0 unspecified atom stereocenters. The van der Waals surface area contributed by atoms with E-state index in [1.54, 1.807) is 29.6 Å². The van der Waals surface area contributed by atoms with Gasteiger partial charge in [-0.2, -0.15) is 4.31 Å². The minimum absolute atomic E-state index is 0.0990. The summed E-state index contributed by atoms with van der Waals surface area (Å²) in [7, 11) is -1.93. The largest absolute Gasteiger partial charge is 0.383 e. The zero-order chi connectivity index (χ0) is 17.3. The van der Waals surface area contributed by atoms with Crippen LogP contribution >= 0.6 is 11.3 Å². The Morgan fingerprint density at radius 3 is 2.83 bits per heavy atom. The lowest BCUT2D eigenvalue weighted by atomic mass is 10.1. The number of nitrogens with zero attached hydrogens (tertiary/aromatic N) is 1. The van der Waals surface area contributed by atoms with Crippen molar-refractivity contribution >= 4 is 21.4 Å². The molecule has 1 atom stereocenters. The molecule has 1 saturated heterocycles. The molecule has 0 radical (unpaired) electrons. The lowest BCUT2D eigenvalue weighted by Crippen LogP contribution is -2.37. The number of sulfonamides is 1. The number of benzene rings is 1. The van der Waals surface area contributed by atoms with Gasteiger partial charge in [0.25, 0.3) is 10.0 Å². The van der Waals surface area contributed by atoms with Crippen molar-refractivity contribution in [3.8, 4) is 10.4 Å². The van der Waals surface area contributed by atoms with Crippen LogP contribution in [0.3, 0.4) is 0 Å². The molecule has 0 aliphatic carbocycles. The molecule has 0 N–H and O–H groups in total. The normalized spacial score (nSPS) is 19.0. The van der Waals surface area contributed by atoms with Crippen molar-refractivity contribution in [2.75, 3.05) is 20.3 Å². The number of ether oxygens (including phenoxy) is 1. The average Bonchev–Trinajstić information content (AvgIpc) is 3.17. The van der Waals surface area contributed by atoms with Crippen molar-refractivity contribution < 1.29 is 17.5 Å². The van der Waals surface area contributed by atoms with Crippen LogP contribution in [0.2, 0.25) is 0 Å². The number of thiophene rings is 1. The van der Waals surface area contributed by atoms with Crippen molar-refractivity contribution in [2.24, 2.45) is 0 Å². The Labute approximate surface area is 145 Å². The van der Waals surface area contributed by atoms with Crippen molar-refractivity contribution in [1.29, 1.82) is 0 Å². The van der Waals surface area contributed by atoms with E-state index in [2.05, 4.69) is 0 Å². The molecule has 1 aromatic carbocycles. The quantitative estimate of drug-likeness (QED) is 0.808. The Morgan fingerprint density at radius 2 is 2.12 bits per heavy atom. The van der Waals surface area contributed by atoms with Gasteiger partial charge in [-0.1, -0.05) is 6.07 Å². The smallest absolute Gasteiger partial charge is 0.252 e. The summed E-state index contributed by atoms with van der Waals surface area (Å²) in [6.45, 7) is 2.76. The van der Waals surface area contributed by atoms with Gasteiger partial charge in [0.1, 0.15) is 10.0 Å². The molecule has 0 saturated carbocycles. The standard InChI is InChI=1S/C17H20FNO3S2/c1-12-10-13(18)5-6-15(12)16-7-8-17(23-16)24(20,21)19-9-3-4-14(19)11-22-2/h5-8,10,14H,3-4,9,11H2,1-2H3/t14-/m0/s1. The molecule has 0 amide bonds. The maximum Gasteiger partial charge on any atom is 0.252 e. The van der Waals surface area contributed by atoms with Crippen LogP contribution in [-0.2, 0) is 14.8 Å². The highest BCUT2D eigenvalue weighted by atomic mass is 32.2. The van der Waals surface area contributed by atoms with E-state index in [9.17, 15) is 12.8 Å². The Hall–Kier alpha value is -1.28. The maximum absolute atomic E-state index is 13.3. The van der Waals surface area contributed by atoms with E-state index < -0.39 is 10.0 Å². The first kappa shape index (κ1) is 17.5. The number of methoxy groups -OCH3 is 1. The first-order chi connectivity index (χ1) is 11.4. The molecule has 1 aromatic heterocycles. The SMILES string of the molecule is COC[C@@H]1CCCN1S(=O)(=O)c1ccc(-c2ccc(F)cc2C)s1. The molecule has 24 heavy (non-hydrogen) atoms. The van der Waals surface area contributed by atoms with Crippen molar-refractivity contribution in [2.45, 2.75) is 30.0 Å². The average molecular weight is 369 g/mol. The number of aryl methyl sites for hydroxylation is 1. The van der Waals surface area contributed by atoms with E-state index in [0.717, 1.165) is 28.8 Å². The summed E-state index contributed by atoms with van der Waals surface area (Å²) in [5.41, 5.74) is 1.65. The molecule has 1 aliphatic heterocycles. The van der Waals surface area contributed by atoms with Crippen LogP contribution in [0.1, 0.15) is 18.4 Å². The summed E-state index contributed by atoms with van der Waals surface area (Å²) >= 11 is 1.23. The molecular weight excluding hydrogens is 349 g/mol. The van der Waals surface area contributed by atoms with Crippen LogP contribution in [0.25, 0.3) is 10.4 Å². The van der Waals surface area contributed by atoms with Gasteiger partial charge in [-0.05, 0) is 55.2 Å². The highest BCUT2D eigenvalue weighted by Gasteiger charge is 2.36. The Morgan fingerprint density at radius 1 is 1.33 bits per heavy atom. The highest BCUT2D eigenvalue weighted by Crippen LogP contribution is 2.36. The topological polar surface area (TPSA) is 46.6 Å². The van der Waals surface area contributed by atoms with Gasteiger partial charge in [-0.3, -0.25) is 0 Å². The third-order valence-corrected chi connectivity index (χ3v) is 7.82. The summed E-state index contributed by atoms with van der Waals surface area (Å²) in [6.07, 6.45) is 1.67. The van der Waals surface area contributed by atoms with E-state index >= 15 is 0 Å². The van der Waals surface area contributed by atoms with Gasteiger partial charge in [0.2, 0.25) is 0 Å². The number of hydrogen-bond donors (Lipinski definition) is 0. The Bertz CT molecular complexity index is 832. The lowest BCUT2D eigenvalue weighted by molar-refractivity contribution is 0.149. The van der Waals surface area contributed by atoms with Gasteiger partial charge in [0.05, 0.1) is 6.61 Å². The van der Waals surface area contributed by atoms with E-state index in [-0.39, 0.29) is 11.9 Å². The Kier molecular flexibility index (Phi) is 5.05. The fraction of sp³-hybridized carbons (Fsp3) is 0.412. The Balaban J connectivity index is 1.92. The van der Waals surface area contributed by atoms with Crippen LogP contribution in [-0.4, -0.2) is 39.0 Å². The summed E-state index contributed by atoms with van der Waals surface area (Å²) in [6, 6.07) is 7.87. The minimum atomic E-state index is -3.52. The monoisotopic (exact) mass is 369 g/mol. The van der Waals surface area contributed by atoms with Crippen molar-refractivity contribution in [3.05, 3.63) is 41.7 Å². The summed E-state index contributed by atoms with van der Waals surface area (Å²) in [5.74, 6) is -0.292. The zero-order valence-electron chi connectivity index (χ0n) is 13.7. The molecule has 1 aliphatic rings. The van der Waals surface area contributed by atoms with Crippen LogP contribution in [0.4, 0.5) is 4.39 Å². The predicted molar refractivity (Wildman–Crippen MR) is 93.2 cm³/mol. The van der Waals surface area contributed by atoms with E-state index in [1.165, 1.54) is 23.5 Å². The summed E-state index contributed by atoms with van der Waals surface area (Å²) < 4.78 is 46.1. The van der Waals surface area contributed by atoms with Gasteiger partial charge in [0.15, 0.2) is 0 Å². The molecule has 130 valence electrons. The van der Waals surface area contributed by atoms with Gasteiger partial charge >= 0.3 is 0 Å². The highest BCUT2D eigenvalue weighted by molar-refractivity contribution is 7.91. The maximum atomic E-state index is 13.3. The van der Waals surface area contributed by atoms with Crippen molar-refractivity contribution in [3.63, 3.8) is 0 Å². The van der Waals surface area contributed by atoms with Crippen LogP contribution < -0.4 is 0 Å². The fourth-order valence-corrected chi connectivity index (χ4v) is 6.31. The van der Waals surface area contributed by atoms with Gasteiger partial charge in [-0.15, -0.1) is 11.3 Å². The first-order valence-corrected chi connectivity index (χ1v) is 10.1. The third-order valence-electron chi connectivity index (χ3n) is 4.28. The summed E-state index contributed by atoms with van der Waals surface area (Å²) in [4.78, 5) is 0.827. The number of rotatable bonds is 5. The summed E-state index contributed by atoms with van der Waals surface area (Å²) in [5, 5.41) is 0. The predicted octanol–water partition coefficient (Wildman–Crippen LogP) is 3.66. The molecule has 7 heteroatoms. The third kappa shape index (κ3) is 3.26. The lowest BCUT2D eigenvalue weighted by Gasteiger charge is -2.22. The molecule has 1 fully saturated rings. The first-order valence-electron chi connectivity index (χ1n) is 7.80. The fourth-order valence-electron chi connectivity index (χ4n) is 3.11. The number of halogens is 1. The zero-order valence-corrected chi connectivity index (χ0v) is 15.3. The molecule has 3 rings (SSSR count). The van der Waals surface area contributed by atoms with E-state index in [1.807, 2.05) is 6.92 Å². The van der Waals surface area contributed by atoms with Crippen LogP contribution in [0, 0.1) is 12.7 Å². The second-order valence-electron chi connectivity index (χ2n) is 5.95. The van der Waals surface area contributed by atoms with Gasteiger partial charge in [0, 0.05) is 24.6 Å². The van der Waals surface area contributed by atoms with Gasteiger partial charge < -0.3 is 4.74 Å². The van der Waals surface area contributed by atoms with Gasteiger partial charge in [-0.25, -0.2) is 12.8 Å². The number of hydrogen-bond acceptors (Lipinski definition) is 4. The van der Waals surface area contributed by atoms with E-state index in [4.69, 9.17) is 4.74 Å². The molecular formula is C17H20FNO3S2. The molecule has 2 heterocycles. The minimum Gasteiger partial charge on any atom is -0.383 e. The molecule has 4 nitrogen and oxygen atoms in total. The van der Waals surface area contributed by atoms with Crippen LogP contribution in [0.5, 0.6) is 0 Å². The van der Waals surface area contributed by atoms with Crippen molar-refractivity contribution in [1.82, 2.24) is 4.31 Å². The second kappa shape index (κ2) is 6.92. The molecule has 0 spiro atoms. The van der Waals surface area contributed by atoms with Crippen LogP contribution in [0.15, 0.2) is 34.5 Å². The molecule has 0 bridgehead atoms.